The summed E-state index contributed by atoms with van der Waals surface area (Å²) in [4.78, 5) is 7.51. The summed E-state index contributed by atoms with van der Waals surface area (Å²) in [5.41, 5.74) is 4.43. The molecule has 0 unspecified atom stereocenters. The molecule has 19 heavy (non-hydrogen) atoms. The molecule has 0 amide bonds. The van der Waals surface area contributed by atoms with E-state index in [0.717, 1.165) is 12.1 Å². The van der Waals surface area contributed by atoms with Crippen molar-refractivity contribution in [2.24, 2.45) is 0 Å². The lowest BCUT2D eigenvalue weighted by Crippen LogP contribution is -2.08. The number of aromatic nitrogens is 2. The summed E-state index contributed by atoms with van der Waals surface area (Å²) in [7, 11) is 0. The molecule has 8 heteroatoms. The average Bonchev–Trinajstić information content (AvgIpc) is 2.33. The van der Waals surface area contributed by atoms with Gasteiger partial charge in [-0.1, -0.05) is 0 Å². The highest BCUT2D eigenvalue weighted by Crippen LogP contribution is 2.39. The minimum atomic E-state index is -4.55. The number of ether oxygens (including phenoxy) is 1. The number of rotatable bonds is 2. The predicted molar refractivity (Wildman–Crippen MR) is 70.7 cm³/mol. The maximum Gasteiger partial charge on any atom is 0.420 e. The zero-order chi connectivity index (χ0) is 14.0. The van der Waals surface area contributed by atoms with E-state index in [9.17, 15) is 13.2 Å². The van der Waals surface area contributed by atoms with E-state index in [1.165, 1.54) is 18.6 Å². The van der Waals surface area contributed by atoms with Crippen LogP contribution >= 0.6 is 22.6 Å². The Balaban J connectivity index is 2.44. The summed E-state index contributed by atoms with van der Waals surface area (Å²) in [5.74, 6) is -0.288. The van der Waals surface area contributed by atoms with E-state index in [1.54, 1.807) is 0 Å². The number of nitrogens with zero attached hydrogens (tertiary/aromatic N) is 2. The topological polar surface area (TPSA) is 61.0 Å². The molecule has 100 valence electrons. The largest absolute Gasteiger partial charge is 0.437 e. The Hall–Kier alpha value is -1.58. The maximum atomic E-state index is 12.9. The minimum Gasteiger partial charge on any atom is -0.437 e. The smallest absolute Gasteiger partial charge is 0.420 e. The Bertz CT molecular complexity index is 604. The Morgan fingerprint density at radius 3 is 2.63 bits per heavy atom. The Morgan fingerprint density at radius 2 is 2.00 bits per heavy atom. The lowest BCUT2D eigenvalue weighted by atomic mass is 10.1. The van der Waals surface area contributed by atoms with Gasteiger partial charge < -0.3 is 10.5 Å². The van der Waals surface area contributed by atoms with Gasteiger partial charge in [0.2, 0.25) is 5.88 Å². The molecule has 0 aliphatic rings. The number of hydrogen-bond acceptors (Lipinski definition) is 4. The molecule has 2 rings (SSSR count). The van der Waals surface area contributed by atoms with Crippen LogP contribution in [0.5, 0.6) is 11.6 Å². The van der Waals surface area contributed by atoms with E-state index >= 15 is 0 Å². The third kappa shape index (κ3) is 3.25. The summed E-state index contributed by atoms with van der Waals surface area (Å²) in [5, 5.41) is 0. The molecule has 2 aromatic rings. The maximum absolute atomic E-state index is 12.9. The molecule has 1 heterocycles. The normalized spacial score (nSPS) is 11.4. The molecular formula is C11H7F3IN3O. The molecule has 0 fully saturated rings. The van der Waals surface area contributed by atoms with Crippen LogP contribution in [-0.2, 0) is 6.18 Å². The molecule has 0 aliphatic heterocycles. The molecule has 0 bridgehead atoms. The van der Waals surface area contributed by atoms with Crippen LogP contribution < -0.4 is 10.5 Å². The van der Waals surface area contributed by atoms with E-state index in [1.807, 2.05) is 22.6 Å². The van der Waals surface area contributed by atoms with Crippen molar-refractivity contribution in [2.75, 3.05) is 5.73 Å². The van der Waals surface area contributed by atoms with Gasteiger partial charge in [0.25, 0.3) is 0 Å². The first-order chi connectivity index (χ1) is 8.88. The highest BCUT2D eigenvalue weighted by Gasteiger charge is 2.35. The number of hydrogen-bond donors (Lipinski definition) is 1. The fourth-order valence-corrected chi connectivity index (χ4v) is 1.75. The number of benzene rings is 1. The molecule has 0 spiro atoms. The second-order valence-corrected chi connectivity index (χ2v) is 4.69. The minimum absolute atomic E-state index is 0.0112. The van der Waals surface area contributed by atoms with E-state index in [4.69, 9.17) is 10.5 Å². The summed E-state index contributed by atoms with van der Waals surface area (Å²) in [6.45, 7) is 0. The molecule has 0 saturated heterocycles. The van der Waals surface area contributed by atoms with Gasteiger partial charge in [0.1, 0.15) is 17.6 Å². The van der Waals surface area contributed by atoms with E-state index in [0.29, 0.717) is 3.57 Å². The first-order valence-electron chi connectivity index (χ1n) is 4.98. The van der Waals surface area contributed by atoms with Gasteiger partial charge in [0.05, 0.1) is 3.57 Å². The van der Waals surface area contributed by atoms with Crippen molar-refractivity contribution >= 4 is 28.3 Å². The summed E-state index contributed by atoms with van der Waals surface area (Å²) in [6.07, 6.45) is -1.92. The Labute approximate surface area is 120 Å². The monoisotopic (exact) mass is 381 g/mol. The second-order valence-electron chi connectivity index (χ2n) is 3.53. The Morgan fingerprint density at radius 1 is 1.26 bits per heavy atom. The number of halogens is 4. The van der Waals surface area contributed by atoms with Crippen LogP contribution in [0.1, 0.15) is 5.56 Å². The number of nitrogen functional groups attached to an aromatic ring is 1. The fourth-order valence-electron chi connectivity index (χ4n) is 1.34. The van der Waals surface area contributed by atoms with Gasteiger partial charge in [-0.2, -0.15) is 13.2 Å². The van der Waals surface area contributed by atoms with E-state index in [2.05, 4.69) is 9.97 Å². The SMILES string of the molecule is Nc1ccc(Oc2ncncc2I)c(C(F)(F)F)c1. The van der Waals surface area contributed by atoms with Gasteiger partial charge in [-0.25, -0.2) is 9.97 Å². The zero-order valence-electron chi connectivity index (χ0n) is 9.28. The first-order valence-corrected chi connectivity index (χ1v) is 6.06. The second kappa shape index (κ2) is 5.19. The molecule has 4 nitrogen and oxygen atoms in total. The third-order valence-electron chi connectivity index (χ3n) is 2.15. The van der Waals surface area contributed by atoms with Crippen LogP contribution in [0.4, 0.5) is 18.9 Å². The molecule has 0 aliphatic carbocycles. The highest BCUT2D eigenvalue weighted by molar-refractivity contribution is 14.1. The lowest BCUT2D eigenvalue weighted by Gasteiger charge is -2.14. The average molecular weight is 381 g/mol. The van der Waals surface area contributed by atoms with Crippen molar-refractivity contribution in [1.29, 1.82) is 0 Å². The van der Waals surface area contributed by atoms with Gasteiger partial charge in [-0.05, 0) is 40.8 Å². The van der Waals surface area contributed by atoms with Gasteiger partial charge in [0.15, 0.2) is 0 Å². The lowest BCUT2D eigenvalue weighted by molar-refractivity contribution is -0.138. The first kappa shape index (κ1) is 13.8. The number of alkyl halides is 3. The van der Waals surface area contributed by atoms with Crippen LogP contribution in [0.15, 0.2) is 30.7 Å². The molecule has 0 saturated carbocycles. The van der Waals surface area contributed by atoms with Crippen molar-refractivity contribution in [3.63, 3.8) is 0 Å². The molecule has 0 atom stereocenters. The van der Waals surface area contributed by atoms with Gasteiger partial charge in [-0.3, -0.25) is 0 Å². The van der Waals surface area contributed by atoms with E-state index < -0.39 is 11.7 Å². The van der Waals surface area contributed by atoms with Crippen LogP contribution in [0.2, 0.25) is 0 Å². The van der Waals surface area contributed by atoms with Gasteiger partial charge >= 0.3 is 6.18 Å². The number of nitrogens with two attached hydrogens (primary N) is 1. The summed E-state index contributed by atoms with van der Waals surface area (Å²) in [6, 6.07) is 3.32. The predicted octanol–water partition coefficient (Wildman–Crippen LogP) is 3.47. The molecular weight excluding hydrogens is 374 g/mol. The van der Waals surface area contributed by atoms with Gasteiger partial charge in [0, 0.05) is 11.9 Å². The standard InChI is InChI=1S/C11H7F3IN3O/c12-11(13,14)7-3-6(16)1-2-9(7)19-10-8(15)4-17-5-18-10/h1-5H,16H2. The zero-order valence-corrected chi connectivity index (χ0v) is 11.4. The van der Waals surface area contributed by atoms with Crippen LogP contribution in [0, 0.1) is 3.57 Å². The number of anilines is 1. The molecule has 0 radical (unpaired) electrons. The van der Waals surface area contributed by atoms with E-state index in [-0.39, 0.29) is 17.3 Å². The molecule has 1 aromatic heterocycles. The molecule has 2 N–H and O–H groups in total. The quantitative estimate of drug-likeness (QED) is 0.640. The van der Waals surface area contributed by atoms with Crippen molar-refractivity contribution in [3.8, 4) is 11.6 Å². The summed E-state index contributed by atoms with van der Waals surface area (Å²) >= 11 is 1.87. The van der Waals surface area contributed by atoms with Crippen molar-refractivity contribution < 1.29 is 17.9 Å². The van der Waals surface area contributed by atoms with Crippen molar-refractivity contribution in [1.82, 2.24) is 9.97 Å². The van der Waals surface area contributed by atoms with Crippen molar-refractivity contribution in [3.05, 3.63) is 39.9 Å². The van der Waals surface area contributed by atoms with Crippen LogP contribution in [0.3, 0.4) is 0 Å². The van der Waals surface area contributed by atoms with Gasteiger partial charge in [-0.15, -0.1) is 0 Å². The fraction of sp³-hybridized carbons (Fsp3) is 0.0909. The van der Waals surface area contributed by atoms with Crippen molar-refractivity contribution in [2.45, 2.75) is 6.18 Å². The summed E-state index contributed by atoms with van der Waals surface area (Å²) < 4.78 is 44.3. The highest BCUT2D eigenvalue weighted by atomic mass is 127. The van der Waals surface area contributed by atoms with Crippen LogP contribution in [-0.4, -0.2) is 9.97 Å². The Kier molecular flexibility index (Phi) is 3.78. The molecule has 1 aromatic carbocycles. The third-order valence-corrected chi connectivity index (χ3v) is 2.89. The van der Waals surface area contributed by atoms with Crippen LogP contribution in [0.25, 0.3) is 0 Å².